The lowest BCUT2D eigenvalue weighted by molar-refractivity contribution is 0.591. The Balaban J connectivity index is 2.24. The van der Waals surface area contributed by atoms with Crippen molar-refractivity contribution in [2.24, 2.45) is 0 Å². The Hall–Kier alpha value is -0.340. The summed E-state index contributed by atoms with van der Waals surface area (Å²) in [5.74, 6) is 0. The molecule has 12 heavy (non-hydrogen) atoms. The molecular formula is C10H17NS. The van der Waals surface area contributed by atoms with Crippen LogP contribution in [0.4, 0.5) is 0 Å². The van der Waals surface area contributed by atoms with Crippen LogP contribution in [0.3, 0.4) is 0 Å². The molecule has 1 heterocycles. The van der Waals surface area contributed by atoms with E-state index in [1.54, 1.807) is 0 Å². The summed E-state index contributed by atoms with van der Waals surface area (Å²) in [6.07, 6.45) is 1.16. The first kappa shape index (κ1) is 9.75. The predicted octanol–water partition coefficient (Wildman–Crippen LogP) is 2.60. The topological polar surface area (TPSA) is 12.0 Å². The van der Waals surface area contributed by atoms with Crippen molar-refractivity contribution in [3.63, 3.8) is 0 Å². The minimum atomic E-state index is 0.602. The first-order valence-electron chi connectivity index (χ1n) is 4.46. The molecule has 0 amide bonds. The zero-order valence-corrected chi connectivity index (χ0v) is 8.87. The van der Waals surface area contributed by atoms with Gasteiger partial charge in [-0.15, -0.1) is 11.3 Å². The average Bonchev–Trinajstić information content (AvgIpc) is 2.35. The molecule has 0 spiro atoms. The molecule has 68 valence electrons. The van der Waals surface area contributed by atoms with E-state index in [0.29, 0.717) is 6.04 Å². The molecule has 1 rings (SSSR count). The Bertz CT molecular complexity index is 227. The van der Waals surface area contributed by atoms with Crippen molar-refractivity contribution >= 4 is 11.3 Å². The van der Waals surface area contributed by atoms with Crippen LogP contribution in [0.1, 0.15) is 24.3 Å². The van der Waals surface area contributed by atoms with E-state index in [1.165, 1.54) is 10.4 Å². The van der Waals surface area contributed by atoms with Gasteiger partial charge in [-0.3, -0.25) is 0 Å². The van der Waals surface area contributed by atoms with Crippen LogP contribution in [0.5, 0.6) is 0 Å². The van der Waals surface area contributed by atoms with Crippen LogP contribution in [0, 0.1) is 6.92 Å². The smallest absolute Gasteiger partial charge is 0.00170 e. The van der Waals surface area contributed by atoms with Gasteiger partial charge >= 0.3 is 0 Å². The van der Waals surface area contributed by atoms with Crippen LogP contribution < -0.4 is 5.32 Å². The summed E-state index contributed by atoms with van der Waals surface area (Å²) in [6, 6.07) is 2.87. The number of aryl methyl sites for hydroxylation is 1. The normalized spacial score (nSPS) is 11.0. The quantitative estimate of drug-likeness (QED) is 0.756. The molecule has 0 radical (unpaired) electrons. The third-order valence-corrected chi connectivity index (χ3v) is 2.66. The van der Waals surface area contributed by atoms with E-state index >= 15 is 0 Å². The second-order valence-corrected chi connectivity index (χ2v) is 4.54. The Labute approximate surface area is 78.8 Å². The second-order valence-electron chi connectivity index (χ2n) is 3.42. The summed E-state index contributed by atoms with van der Waals surface area (Å²) in [7, 11) is 0. The van der Waals surface area contributed by atoms with E-state index in [-0.39, 0.29) is 0 Å². The Morgan fingerprint density at radius 3 is 2.75 bits per heavy atom. The molecule has 1 nitrogen and oxygen atoms in total. The van der Waals surface area contributed by atoms with Crippen molar-refractivity contribution in [2.45, 2.75) is 33.2 Å². The molecular weight excluding hydrogens is 166 g/mol. The largest absolute Gasteiger partial charge is 0.314 e. The van der Waals surface area contributed by atoms with Gasteiger partial charge < -0.3 is 5.32 Å². The maximum absolute atomic E-state index is 3.41. The third-order valence-electron chi connectivity index (χ3n) is 1.75. The summed E-state index contributed by atoms with van der Waals surface area (Å²) in [4.78, 5) is 1.41. The molecule has 1 N–H and O–H groups in total. The van der Waals surface area contributed by atoms with E-state index in [9.17, 15) is 0 Å². The summed E-state index contributed by atoms with van der Waals surface area (Å²) in [5.41, 5.74) is 1.46. The first-order chi connectivity index (χ1) is 5.68. The molecule has 2 heteroatoms. The monoisotopic (exact) mass is 183 g/mol. The summed E-state index contributed by atoms with van der Waals surface area (Å²) in [6.45, 7) is 7.61. The Morgan fingerprint density at radius 2 is 2.25 bits per heavy atom. The number of rotatable bonds is 4. The molecule has 1 aromatic rings. The highest BCUT2D eigenvalue weighted by molar-refractivity contribution is 7.10. The lowest BCUT2D eigenvalue weighted by atomic mass is 10.2. The fourth-order valence-electron chi connectivity index (χ4n) is 1.13. The number of nitrogens with one attached hydrogen (secondary N) is 1. The molecule has 0 bridgehead atoms. The number of hydrogen-bond acceptors (Lipinski definition) is 2. The van der Waals surface area contributed by atoms with Gasteiger partial charge in [0.25, 0.3) is 0 Å². The highest BCUT2D eigenvalue weighted by Crippen LogP contribution is 2.12. The van der Waals surface area contributed by atoms with Gasteiger partial charge in [-0.2, -0.15) is 0 Å². The average molecular weight is 183 g/mol. The van der Waals surface area contributed by atoms with E-state index in [2.05, 4.69) is 37.5 Å². The van der Waals surface area contributed by atoms with Gasteiger partial charge in [0.15, 0.2) is 0 Å². The Morgan fingerprint density at radius 1 is 1.50 bits per heavy atom. The van der Waals surface area contributed by atoms with Gasteiger partial charge in [0.05, 0.1) is 0 Å². The maximum Gasteiger partial charge on any atom is 0.00170 e. The van der Waals surface area contributed by atoms with Gasteiger partial charge in [0, 0.05) is 10.9 Å². The number of hydrogen-bond donors (Lipinski definition) is 1. The lowest BCUT2D eigenvalue weighted by Gasteiger charge is -2.05. The minimum absolute atomic E-state index is 0.602. The molecule has 0 unspecified atom stereocenters. The minimum Gasteiger partial charge on any atom is -0.314 e. The van der Waals surface area contributed by atoms with Gasteiger partial charge in [0.1, 0.15) is 0 Å². The Kier molecular flexibility index (Phi) is 3.76. The number of thiophene rings is 1. The van der Waals surface area contributed by atoms with Gasteiger partial charge in [0.2, 0.25) is 0 Å². The van der Waals surface area contributed by atoms with Crippen molar-refractivity contribution < 1.29 is 0 Å². The molecule has 0 atom stereocenters. The summed E-state index contributed by atoms with van der Waals surface area (Å²) in [5, 5.41) is 5.66. The fraction of sp³-hybridized carbons (Fsp3) is 0.600. The molecule has 0 aliphatic rings. The molecule has 0 aliphatic heterocycles. The van der Waals surface area contributed by atoms with E-state index in [0.717, 1.165) is 13.0 Å². The summed E-state index contributed by atoms with van der Waals surface area (Å²) >= 11 is 1.84. The van der Waals surface area contributed by atoms with Crippen molar-refractivity contribution in [3.8, 4) is 0 Å². The molecule has 0 aromatic carbocycles. The van der Waals surface area contributed by atoms with Crippen molar-refractivity contribution in [2.75, 3.05) is 6.54 Å². The highest BCUT2D eigenvalue weighted by atomic mass is 32.1. The van der Waals surface area contributed by atoms with E-state index in [1.807, 2.05) is 11.3 Å². The molecule has 0 saturated heterocycles. The lowest BCUT2D eigenvalue weighted by Crippen LogP contribution is -2.24. The van der Waals surface area contributed by atoms with Crippen LogP contribution >= 0.6 is 11.3 Å². The standard InChI is InChI=1S/C10H17NS/c1-8(2)11-5-4-10-6-9(3)12-7-10/h6-8,11H,4-5H2,1-3H3. The van der Waals surface area contributed by atoms with Gasteiger partial charge in [-0.05, 0) is 36.9 Å². The van der Waals surface area contributed by atoms with Crippen LogP contribution in [0.15, 0.2) is 11.4 Å². The zero-order valence-electron chi connectivity index (χ0n) is 8.05. The maximum atomic E-state index is 3.41. The van der Waals surface area contributed by atoms with Crippen molar-refractivity contribution in [1.29, 1.82) is 0 Å². The van der Waals surface area contributed by atoms with Crippen LogP contribution in [-0.2, 0) is 6.42 Å². The molecule has 0 saturated carbocycles. The second kappa shape index (κ2) is 4.63. The van der Waals surface area contributed by atoms with E-state index in [4.69, 9.17) is 0 Å². The zero-order chi connectivity index (χ0) is 8.97. The van der Waals surface area contributed by atoms with Crippen LogP contribution in [0.2, 0.25) is 0 Å². The fourth-order valence-corrected chi connectivity index (χ4v) is 1.88. The van der Waals surface area contributed by atoms with Crippen molar-refractivity contribution in [1.82, 2.24) is 5.32 Å². The van der Waals surface area contributed by atoms with E-state index < -0.39 is 0 Å². The summed E-state index contributed by atoms with van der Waals surface area (Å²) < 4.78 is 0. The molecule has 1 aromatic heterocycles. The van der Waals surface area contributed by atoms with Crippen molar-refractivity contribution in [3.05, 3.63) is 21.9 Å². The third kappa shape index (κ3) is 3.37. The first-order valence-corrected chi connectivity index (χ1v) is 5.34. The predicted molar refractivity (Wildman–Crippen MR) is 55.9 cm³/mol. The highest BCUT2D eigenvalue weighted by Gasteiger charge is 1.96. The van der Waals surface area contributed by atoms with Crippen LogP contribution in [0.25, 0.3) is 0 Å². The molecule has 0 aliphatic carbocycles. The van der Waals surface area contributed by atoms with Crippen LogP contribution in [-0.4, -0.2) is 12.6 Å². The SMILES string of the molecule is Cc1cc(CCNC(C)C)cs1. The molecule has 0 fully saturated rings. The van der Waals surface area contributed by atoms with Gasteiger partial charge in [-0.1, -0.05) is 13.8 Å². The van der Waals surface area contributed by atoms with Gasteiger partial charge in [-0.25, -0.2) is 0 Å².